The van der Waals surface area contributed by atoms with E-state index in [1.54, 1.807) is 0 Å². The van der Waals surface area contributed by atoms with Gasteiger partial charge in [-0.2, -0.15) is 5.10 Å². The molecule has 3 heteroatoms. The average Bonchev–Trinajstić information content (AvgIpc) is 2.74. The number of hydrogen-bond donors (Lipinski definition) is 1. The van der Waals surface area contributed by atoms with Crippen molar-refractivity contribution in [3.63, 3.8) is 0 Å². The van der Waals surface area contributed by atoms with Gasteiger partial charge in [0, 0.05) is 11.4 Å². The molecule has 16 heavy (non-hydrogen) atoms. The quantitative estimate of drug-likeness (QED) is 0.739. The van der Waals surface area contributed by atoms with E-state index in [2.05, 4.69) is 5.10 Å². The van der Waals surface area contributed by atoms with Gasteiger partial charge >= 0.3 is 0 Å². The minimum absolute atomic E-state index is 0.796. The maximum Gasteiger partial charge on any atom is 0.0650 e. The number of fused-ring (bicyclic) bond motifs is 1. The number of rotatable bonds is 1. The summed E-state index contributed by atoms with van der Waals surface area (Å²) in [5, 5.41) is 4.47. The third-order valence-electron chi connectivity index (χ3n) is 3.20. The lowest BCUT2D eigenvalue weighted by molar-refractivity contribution is 0.653. The number of nitrogens with two attached hydrogens (primary N) is 1. The molecule has 0 atom stereocenters. The fourth-order valence-electron chi connectivity index (χ4n) is 2.33. The van der Waals surface area contributed by atoms with Crippen molar-refractivity contribution >= 4 is 5.69 Å². The molecule has 82 valence electrons. The molecule has 0 radical (unpaired) electrons. The van der Waals surface area contributed by atoms with E-state index in [9.17, 15) is 0 Å². The number of benzene rings is 1. The summed E-state index contributed by atoms with van der Waals surface area (Å²) in [6, 6.07) is 7.90. The molecule has 0 saturated heterocycles. The molecule has 3 rings (SSSR count). The van der Waals surface area contributed by atoms with E-state index in [0.717, 1.165) is 17.8 Å². The molecule has 0 amide bonds. The standard InChI is InChI=1S/C13H15N3/c14-11-5-7-12(8-6-11)16-13-4-2-1-3-10(13)9-15-16/h5-9H,1-4,14H2. The van der Waals surface area contributed by atoms with Crippen LogP contribution in [0, 0.1) is 0 Å². The maximum atomic E-state index is 5.69. The topological polar surface area (TPSA) is 43.8 Å². The summed E-state index contributed by atoms with van der Waals surface area (Å²) in [5.74, 6) is 0. The van der Waals surface area contributed by atoms with Gasteiger partial charge in [-0.1, -0.05) is 0 Å². The Morgan fingerprint density at radius 3 is 2.62 bits per heavy atom. The molecule has 0 unspecified atom stereocenters. The molecule has 1 aromatic heterocycles. The van der Waals surface area contributed by atoms with Crippen LogP contribution in [0.4, 0.5) is 5.69 Å². The zero-order valence-corrected chi connectivity index (χ0v) is 9.19. The second kappa shape index (κ2) is 3.67. The van der Waals surface area contributed by atoms with Crippen LogP contribution in [0.2, 0.25) is 0 Å². The second-order valence-electron chi connectivity index (χ2n) is 4.33. The Morgan fingerprint density at radius 2 is 1.81 bits per heavy atom. The lowest BCUT2D eigenvalue weighted by Gasteiger charge is -2.13. The lowest BCUT2D eigenvalue weighted by Crippen LogP contribution is -2.07. The fraction of sp³-hybridized carbons (Fsp3) is 0.308. The van der Waals surface area contributed by atoms with Gasteiger partial charge in [-0.3, -0.25) is 0 Å². The van der Waals surface area contributed by atoms with Gasteiger partial charge in [0.05, 0.1) is 11.9 Å². The molecule has 1 heterocycles. The molecule has 1 aliphatic carbocycles. The van der Waals surface area contributed by atoms with Crippen LogP contribution >= 0.6 is 0 Å². The SMILES string of the molecule is Nc1ccc(-n2ncc3c2CCCC3)cc1. The van der Waals surface area contributed by atoms with Crippen molar-refractivity contribution in [2.45, 2.75) is 25.7 Å². The van der Waals surface area contributed by atoms with Crippen LogP contribution in [0.1, 0.15) is 24.1 Å². The number of hydrogen-bond acceptors (Lipinski definition) is 2. The number of anilines is 1. The summed E-state index contributed by atoms with van der Waals surface area (Å²) in [6.45, 7) is 0. The molecule has 2 N–H and O–H groups in total. The third-order valence-corrected chi connectivity index (χ3v) is 3.20. The van der Waals surface area contributed by atoms with Crippen LogP contribution in [0.15, 0.2) is 30.5 Å². The predicted octanol–water partition coefficient (Wildman–Crippen LogP) is 2.33. The van der Waals surface area contributed by atoms with E-state index in [-0.39, 0.29) is 0 Å². The first-order valence-corrected chi connectivity index (χ1v) is 5.76. The van der Waals surface area contributed by atoms with Crippen LogP contribution in [-0.2, 0) is 12.8 Å². The highest BCUT2D eigenvalue weighted by atomic mass is 15.3. The molecule has 0 saturated carbocycles. The van der Waals surface area contributed by atoms with Gasteiger partial charge in [-0.25, -0.2) is 4.68 Å². The zero-order valence-electron chi connectivity index (χ0n) is 9.19. The average molecular weight is 213 g/mol. The van der Waals surface area contributed by atoms with Crippen LogP contribution in [0.3, 0.4) is 0 Å². The normalized spacial score (nSPS) is 14.8. The Hall–Kier alpha value is -1.77. The molecule has 0 spiro atoms. The third kappa shape index (κ3) is 1.48. The summed E-state index contributed by atoms with van der Waals surface area (Å²) >= 11 is 0. The summed E-state index contributed by atoms with van der Waals surface area (Å²) in [7, 11) is 0. The van der Waals surface area contributed by atoms with Crippen molar-refractivity contribution in [1.82, 2.24) is 9.78 Å². The van der Waals surface area contributed by atoms with Crippen LogP contribution in [0.5, 0.6) is 0 Å². The van der Waals surface area contributed by atoms with Gasteiger partial charge in [0.1, 0.15) is 0 Å². The molecule has 2 aromatic rings. The number of nitrogen functional groups attached to an aromatic ring is 1. The molecule has 1 aliphatic rings. The highest BCUT2D eigenvalue weighted by molar-refractivity contribution is 5.45. The molecular formula is C13H15N3. The first-order chi connectivity index (χ1) is 7.84. The van der Waals surface area contributed by atoms with Crippen LogP contribution in [0.25, 0.3) is 5.69 Å². The van der Waals surface area contributed by atoms with Crippen molar-refractivity contribution in [1.29, 1.82) is 0 Å². The van der Waals surface area contributed by atoms with E-state index in [4.69, 9.17) is 5.73 Å². The van der Waals surface area contributed by atoms with Crippen LogP contribution in [-0.4, -0.2) is 9.78 Å². The van der Waals surface area contributed by atoms with E-state index < -0.39 is 0 Å². The number of aryl methyl sites for hydroxylation is 1. The van der Waals surface area contributed by atoms with Crippen molar-refractivity contribution in [3.05, 3.63) is 41.7 Å². The van der Waals surface area contributed by atoms with E-state index in [1.165, 1.54) is 30.5 Å². The number of aromatic nitrogens is 2. The van der Waals surface area contributed by atoms with Crippen molar-refractivity contribution in [3.8, 4) is 5.69 Å². The smallest absolute Gasteiger partial charge is 0.0650 e. The molecule has 0 aliphatic heterocycles. The van der Waals surface area contributed by atoms with Crippen molar-refractivity contribution in [2.75, 3.05) is 5.73 Å². The van der Waals surface area contributed by atoms with Gasteiger partial charge in [0.25, 0.3) is 0 Å². The highest BCUT2D eigenvalue weighted by Crippen LogP contribution is 2.23. The predicted molar refractivity (Wildman–Crippen MR) is 64.6 cm³/mol. The highest BCUT2D eigenvalue weighted by Gasteiger charge is 2.15. The van der Waals surface area contributed by atoms with Gasteiger partial charge < -0.3 is 5.73 Å². The van der Waals surface area contributed by atoms with Crippen molar-refractivity contribution in [2.24, 2.45) is 0 Å². The first-order valence-electron chi connectivity index (χ1n) is 5.76. The minimum Gasteiger partial charge on any atom is -0.399 e. The molecule has 0 fully saturated rings. The fourth-order valence-corrected chi connectivity index (χ4v) is 2.33. The maximum absolute atomic E-state index is 5.69. The molecule has 0 bridgehead atoms. The number of nitrogens with zero attached hydrogens (tertiary/aromatic N) is 2. The Morgan fingerprint density at radius 1 is 1.06 bits per heavy atom. The van der Waals surface area contributed by atoms with Crippen molar-refractivity contribution < 1.29 is 0 Å². The summed E-state index contributed by atoms with van der Waals surface area (Å²) in [4.78, 5) is 0. The molecule has 1 aromatic carbocycles. The molecule has 3 nitrogen and oxygen atoms in total. The summed E-state index contributed by atoms with van der Waals surface area (Å²) in [5.41, 5.74) is 10.4. The van der Waals surface area contributed by atoms with E-state index >= 15 is 0 Å². The Bertz CT molecular complexity index is 496. The Balaban J connectivity index is 2.06. The second-order valence-corrected chi connectivity index (χ2v) is 4.33. The summed E-state index contributed by atoms with van der Waals surface area (Å²) in [6.07, 6.45) is 6.88. The zero-order chi connectivity index (χ0) is 11.0. The van der Waals surface area contributed by atoms with Gasteiger partial charge in [0.15, 0.2) is 0 Å². The van der Waals surface area contributed by atoms with Gasteiger partial charge in [0.2, 0.25) is 0 Å². The first kappa shape index (κ1) is 9.46. The molecular weight excluding hydrogens is 198 g/mol. The minimum atomic E-state index is 0.796. The van der Waals surface area contributed by atoms with Crippen LogP contribution < -0.4 is 5.73 Å². The monoisotopic (exact) mass is 213 g/mol. The Kier molecular flexibility index (Phi) is 2.17. The van der Waals surface area contributed by atoms with Gasteiger partial charge in [-0.15, -0.1) is 0 Å². The summed E-state index contributed by atoms with van der Waals surface area (Å²) < 4.78 is 2.05. The van der Waals surface area contributed by atoms with E-state index in [0.29, 0.717) is 0 Å². The van der Waals surface area contributed by atoms with E-state index in [1.807, 2.05) is 35.1 Å². The lowest BCUT2D eigenvalue weighted by atomic mass is 9.98. The van der Waals surface area contributed by atoms with Gasteiger partial charge in [-0.05, 0) is 55.5 Å². The largest absolute Gasteiger partial charge is 0.399 e. The Labute approximate surface area is 94.9 Å².